The van der Waals surface area contributed by atoms with E-state index < -0.39 is 11.4 Å². The van der Waals surface area contributed by atoms with Gasteiger partial charge in [0, 0.05) is 0 Å². The van der Waals surface area contributed by atoms with Crippen LogP contribution < -0.4 is 9.47 Å². The summed E-state index contributed by atoms with van der Waals surface area (Å²) in [5.41, 5.74) is 0.659. The van der Waals surface area contributed by atoms with Gasteiger partial charge in [-0.2, -0.15) is 0 Å². The largest absolute Gasteiger partial charge is 0.497 e. The lowest BCUT2D eigenvalue weighted by Crippen LogP contribution is -2.38. The molecule has 0 spiro atoms. The molecule has 3 rings (SSSR count). The molecule has 4 heteroatoms. The number of rotatable bonds is 6. The first-order valence-corrected chi connectivity index (χ1v) is 8.21. The van der Waals surface area contributed by atoms with Crippen LogP contribution in [-0.4, -0.2) is 25.3 Å². The number of aliphatic carboxylic acids is 1. The van der Waals surface area contributed by atoms with Crippen LogP contribution in [0, 0.1) is 0 Å². The fourth-order valence-corrected chi connectivity index (χ4v) is 3.24. The van der Waals surface area contributed by atoms with Gasteiger partial charge in [0.15, 0.2) is 0 Å². The molecule has 0 saturated heterocycles. The van der Waals surface area contributed by atoms with E-state index in [-0.39, 0.29) is 0 Å². The molecule has 0 amide bonds. The number of ether oxygens (including phenoxy) is 2. The van der Waals surface area contributed by atoms with Crippen LogP contribution in [0.4, 0.5) is 0 Å². The third-order valence-electron chi connectivity index (χ3n) is 4.57. The predicted octanol–water partition coefficient (Wildman–Crippen LogP) is 4.12. The molecule has 132 valence electrons. The van der Waals surface area contributed by atoms with Gasteiger partial charge in [-0.15, -0.1) is 0 Å². The van der Waals surface area contributed by atoms with E-state index in [0.29, 0.717) is 28.2 Å². The molecule has 0 aliphatic rings. The molecule has 0 fully saturated rings. The van der Waals surface area contributed by atoms with E-state index in [1.165, 1.54) is 0 Å². The summed E-state index contributed by atoms with van der Waals surface area (Å²) in [6.07, 6.45) is 0. The first kappa shape index (κ1) is 17.5. The minimum absolute atomic E-state index is 0.655. The van der Waals surface area contributed by atoms with E-state index in [0.717, 1.165) is 0 Å². The first-order chi connectivity index (χ1) is 12.6. The average Bonchev–Trinajstić information content (AvgIpc) is 2.70. The van der Waals surface area contributed by atoms with Crippen molar-refractivity contribution in [2.45, 2.75) is 5.41 Å². The Labute approximate surface area is 152 Å². The van der Waals surface area contributed by atoms with Crippen molar-refractivity contribution in [3.8, 4) is 11.5 Å². The smallest absolute Gasteiger partial charge is 0.323 e. The Hall–Kier alpha value is -3.27. The minimum Gasteiger partial charge on any atom is -0.497 e. The van der Waals surface area contributed by atoms with Crippen molar-refractivity contribution in [3.63, 3.8) is 0 Å². The van der Waals surface area contributed by atoms with Gasteiger partial charge in [-0.25, -0.2) is 0 Å². The summed E-state index contributed by atoms with van der Waals surface area (Å²) in [7, 11) is 3.17. The number of benzene rings is 3. The molecule has 0 unspecified atom stereocenters. The van der Waals surface area contributed by atoms with Gasteiger partial charge in [0.2, 0.25) is 0 Å². The molecule has 0 radical (unpaired) electrons. The molecular formula is C22H20O4. The van der Waals surface area contributed by atoms with Crippen LogP contribution in [0.2, 0.25) is 0 Å². The molecule has 3 aromatic carbocycles. The van der Waals surface area contributed by atoms with Gasteiger partial charge in [-0.1, -0.05) is 54.6 Å². The molecule has 1 N–H and O–H groups in total. The SMILES string of the molecule is COc1ccc(C(C(=O)O)(c2ccccc2)c2ccc(OC)cc2)cc1. The highest BCUT2D eigenvalue weighted by Gasteiger charge is 2.44. The Bertz CT molecular complexity index is 821. The highest BCUT2D eigenvalue weighted by Crippen LogP contribution is 2.40. The molecule has 0 aliphatic carbocycles. The van der Waals surface area contributed by atoms with Gasteiger partial charge < -0.3 is 14.6 Å². The second-order valence-electron chi connectivity index (χ2n) is 5.88. The van der Waals surface area contributed by atoms with E-state index in [1.54, 1.807) is 62.8 Å². The molecule has 0 aliphatic heterocycles. The molecule has 0 aromatic heterocycles. The van der Waals surface area contributed by atoms with Gasteiger partial charge >= 0.3 is 5.97 Å². The summed E-state index contributed by atoms with van der Waals surface area (Å²) < 4.78 is 10.4. The lowest BCUT2D eigenvalue weighted by Gasteiger charge is -2.31. The summed E-state index contributed by atoms with van der Waals surface area (Å²) in [5.74, 6) is 0.408. The van der Waals surface area contributed by atoms with Crippen molar-refractivity contribution in [1.82, 2.24) is 0 Å². The summed E-state index contributed by atoms with van der Waals surface area (Å²) in [6.45, 7) is 0. The Morgan fingerprint density at radius 1 is 0.692 bits per heavy atom. The maximum atomic E-state index is 12.7. The fraction of sp³-hybridized carbons (Fsp3) is 0.136. The van der Waals surface area contributed by atoms with Crippen LogP contribution in [0.5, 0.6) is 11.5 Å². The van der Waals surface area contributed by atoms with E-state index in [2.05, 4.69) is 0 Å². The van der Waals surface area contributed by atoms with Crippen LogP contribution in [-0.2, 0) is 10.2 Å². The number of hydrogen-bond acceptors (Lipinski definition) is 3. The van der Waals surface area contributed by atoms with Gasteiger partial charge in [0.1, 0.15) is 16.9 Å². The van der Waals surface area contributed by atoms with E-state index >= 15 is 0 Å². The van der Waals surface area contributed by atoms with Crippen molar-refractivity contribution >= 4 is 5.97 Å². The number of hydrogen-bond donors (Lipinski definition) is 1. The Morgan fingerprint density at radius 2 is 1.08 bits per heavy atom. The molecule has 3 aromatic rings. The average molecular weight is 348 g/mol. The van der Waals surface area contributed by atoms with E-state index in [4.69, 9.17) is 9.47 Å². The Balaban J connectivity index is 2.29. The highest BCUT2D eigenvalue weighted by molar-refractivity contribution is 5.91. The lowest BCUT2D eigenvalue weighted by atomic mass is 9.69. The van der Waals surface area contributed by atoms with Crippen LogP contribution >= 0.6 is 0 Å². The summed E-state index contributed by atoms with van der Waals surface area (Å²) in [5, 5.41) is 10.4. The monoisotopic (exact) mass is 348 g/mol. The number of carboxylic acids is 1. The maximum absolute atomic E-state index is 12.7. The fourth-order valence-electron chi connectivity index (χ4n) is 3.24. The van der Waals surface area contributed by atoms with Crippen molar-refractivity contribution in [2.75, 3.05) is 14.2 Å². The van der Waals surface area contributed by atoms with E-state index in [1.807, 2.05) is 30.3 Å². The molecule has 0 bridgehead atoms. The van der Waals surface area contributed by atoms with Crippen LogP contribution in [0.15, 0.2) is 78.9 Å². The normalized spacial score (nSPS) is 11.0. The molecule has 0 saturated carbocycles. The van der Waals surface area contributed by atoms with Crippen molar-refractivity contribution in [3.05, 3.63) is 95.6 Å². The number of carboxylic acid groups (broad SMARTS) is 1. The summed E-state index contributed by atoms with van der Waals surface area (Å²) in [6, 6.07) is 23.5. The third kappa shape index (κ3) is 2.90. The van der Waals surface area contributed by atoms with Gasteiger partial charge in [-0.3, -0.25) is 4.79 Å². The first-order valence-electron chi connectivity index (χ1n) is 8.21. The quantitative estimate of drug-likeness (QED) is 0.681. The standard InChI is InChI=1S/C22H20O4/c1-25-19-12-8-17(9-13-19)22(21(23)24,16-6-4-3-5-7-16)18-10-14-20(26-2)15-11-18/h3-15H,1-2H3,(H,23,24). The summed E-state index contributed by atoms with van der Waals surface area (Å²) in [4.78, 5) is 12.7. The van der Waals surface area contributed by atoms with Gasteiger partial charge in [0.25, 0.3) is 0 Å². The predicted molar refractivity (Wildman–Crippen MR) is 99.9 cm³/mol. The van der Waals surface area contributed by atoms with Gasteiger partial charge in [0.05, 0.1) is 14.2 Å². The third-order valence-corrected chi connectivity index (χ3v) is 4.57. The maximum Gasteiger partial charge on any atom is 0.323 e. The topological polar surface area (TPSA) is 55.8 Å². The van der Waals surface area contributed by atoms with Crippen molar-refractivity contribution in [2.24, 2.45) is 0 Å². The van der Waals surface area contributed by atoms with Crippen LogP contribution in [0.3, 0.4) is 0 Å². The van der Waals surface area contributed by atoms with Crippen LogP contribution in [0.25, 0.3) is 0 Å². The zero-order valence-electron chi connectivity index (χ0n) is 14.7. The highest BCUT2D eigenvalue weighted by atomic mass is 16.5. The van der Waals surface area contributed by atoms with Crippen molar-refractivity contribution < 1.29 is 19.4 Å². The number of methoxy groups -OCH3 is 2. The van der Waals surface area contributed by atoms with E-state index in [9.17, 15) is 9.90 Å². The second-order valence-corrected chi connectivity index (χ2v) is 5.88. The number of carbonyl (C=O) groups is 1. The Kier molecular flexibility index (Phi) is 4.94. The molecular weight excluding hydrogens is 328 g/mol. The summed E-state index contributed by atoms with van der Waals surface area (Å²) >= 11 is 0. The van der Waals surface area contributed by atoms with Crippen molar-refractivity contribution in [1.29, 1.82) is 0 Å². The second kappa shape index (κ2) is 7.31. The zero-order chi connectivity index (χ0) is 18.6. The minimum atomic E-state index is -1.33. The molecule has 26 heavy (non-hydrogen) atoms. The zero-order valence-corrected chi connectivity index (χ0v) is 14.7. The van der Waals surface area contributed by atoms with Crippen LogP contribution in [0.1, 0.15) is 16.7 Å². The Morgan fingerprint density at radius 3 is 1.42 bits per heavy atom. The lowest BCUT2D eigenvalue weighted by molar-refractivity contribution is -0.140. The molecule has 0 heterocycles. The van der Waals surface area contributed by atoms with Gasteiger partial charge in [-0.05, 0) is 41.0 Å². The molecule has 4 nitrogen and oxygen atoms in total. The molecule has 0 atom stereocenters.